The number of carbonyl (C=O) groups is 1. The quantitative estimate of drug-likeness (QED) is 0.427. The third-order valence-corrected chi connectivity index (χ3v) is 4.99. The van der Waals surface area contributed by atoms with Gasteiger partial charge in [0.1, 0.15) is 11.4 Å². The lowest BCUT2D eigenvalue weighted by Crippen LogP contribution is -2.30. The van der Waals surface area contributed by atoms with Gasteiger partial charge in [0.15, 0.2) is 0 Å². The number of hydrogen-bond donors (Lipinski definition) is 1. The Morgan fingerprint density at radius 2 is 1.45 bits per heavy atom. The minimum Gasteiger partial charge on any atom is -0.494 e. The summed E-state index contributed by atoms with van der Waals surface area (Å²) in [7, 11) is 0. The Morgan fingerprint density at radius 1 is 0.871 bits per heavy atom. The van der Waals surface area contributed by atoms with Gasteiger partial charge in [0, 0.05) is 18.7 Å². The summed E-state index contributed by atoms with van der Waals surface area (Å²) in [4.78, 5) is 15.2. The highest BCUT2D eigenvalue weighted by Crippen LogP contribution is 2.22. The van der Waals surface area contributed by atoms with Crippen LogP contribution >= 0.6 is 0 Å². The lowest BCUT2D eigenvalue weighted by atomic mass is 10.1. The summed E-state index contributed by atoms with van der Waals surface area (Å²) in [5.74, 6) is 0.729. The van der Waals surface area contributed by atoms with E-state index in [9.17, 15) is 4.79 Å². The number of nitrogens with zero attached hydrogens (tertiary/aromatic N) is 2. The molecular weight excluding hydrogens is 386 g/mol. The van der Waals surface area contributed by atoms with E-state index in [1.54, 1.807) is 6.07 Å². The van der Waals surface area contributed by atoms with Crippen molar-refractivity contribution in [2.45, 2.75) is 20.0 Å². The van der Waals surface area contributed by atoms with Crippen molar-refractivity contribution in [1.82, 2.24) is 15.1 Å². The molecule has 0 atom stereocenters. The van der Waals surface area contributed by atoms with Crippen molar-refractivity contribution in [3.63, 3.8) is 0 Å². The molecule has 0 aliphatic heterocycles. The van der Waals surface area contributed by atoms with Crippen LogP contribution in [0, 0.1) is 0 Å². The fraction of sp³-hybridized carbons (Fsp3) is 0.154. The topological polar surface area (TPSA) is 58.2 Å². The second-order valence-corrected chi connectivity index (χ2v) is 7.26. The molecule has 0 fully saturated rings. The average molecular weight is 412 g/mol. The third kappa shape index (κ3) is 5.20. The predicted molar refractivity (Wildman–Crippen MR) is 122 cm³/mol. The zero-order valence-electron chi connectivity index (χ0n) is 17.5. The van der Waals surface area contributed by atoms with Crippen LogP contribution in [0.2, 0.25) is 0 Å². The summed E-state index contributed by atoms with van der Waals surface area (Å²) >= 11 is 0. The average Bonchev–Trinajstić information content (AvgIpc) is 3.31. The number of ether oxygens (including phenoxy) is 1. The summed E-state index contributed by atoms with van der Waals surface area (Å²) in [6.45, 7) is 3.62. The number of aromatic amines is 1. The molecule has 4 aromatic rings. The first-order valence-electron chi connectivity index (χ1n) is 10.4. The van der Waals surface area contributed by atoms with Gasteiger partial charge in [0.25, 0.3) is 5.91 Å². The Kier molecular flexibility index (Phi) is 6.43. The van der Waals surface area contributed by atoms with Crippen molar-refractivity contribution in [2.24, 2.45) is 0 Å². The zero-order valence-corrected chi connectivity index (χ0v) is 17.5. The number of aromatic nitrogens is 2. The largest absolute Gasteiger partial charge is 0.494 e. The van der Waals surface area contributed by atoms with Crippen molar-refractivity contribution in [2.75, 3.05) is 6.61 Å². The van der Waals surface area contributed by atoms with Crippen molar-refractivity contribution >= 4 is 5.91 Å². The smallest absolute Gasteiger partial charge is 0.272 e. The maximum atomic E-state index is 13.4. The van der Waals surface area contributed by atoms with Gasteiger partial charge in [-0.3, -0.25) is 9.89 Å². The maximum absolute atomic E-state index is 13.4. The molecule has 0 spiro atoms. The van der Waals surface area contributed by atoms with E-state index in [0.29, 0.717) is 25.4 Å². The van der Waals surface area contributed by atoms with E-state index >= 15 is 0 Å². The molecule has 0 saturated heterocycles. The molecule has 5 nitrogen and oxygen atoms in total. The fourth-order valence-corrected chi connectivity index (χ4v) is 3.45. The van der Waals surface area contributed by atoms with Crippen LogP contribution in [0.25, 0.3) is 11.3 Å². The highest BCUT2D eigenvalue weighted by atomic mass is 16.5. The first-order valence-corrected chi connectivity index (χ1v) is 10.4. The van der Waals surface area contributed by atoms with Crippen LogP contribution < -0.4 is 4.74 Å². The van der Waals surface area contributed by atoms with Crippen LogP contribution in [0.3, 0.4) is 0 Å². The predicted octanol–water partition coefficient (Wildman–Crippen LogP) is 5.32. The van der Waals surface area contributed by atoms with Gasteiger partial charge in [-0.25, -0.2) is 0 Å². The molecule has 0 bridgehead atoms. The molecule has 0 radical (unpaired) electrons. The highest BCUT2D eigenvalue weighted by Gasteiger charge is 2.19. The first kappa shape index (κ1) is 20.4. The van der Waals surface area contributed by atoms with Crippen molar-refractivity contribution in [3.05, 3.63) is 108 Å². The summed E-state index contributed by atoms with van der Waals surface area (Å²) in [5, 5.41) is 7.29. The van der Waals surface area contributed by atoms with Gasteiger partial charge in [0.05, 0.1) is 12.3 Å². The van der Waals surface area contributed by atoms with Crippen LogP contribution in [-0.2, 0) is 13.1 Å². The van der Waals surface area contributed by atoms with E-state index in [-0.39, 0.29) is 5.91 Å². The lowest BCUT2D eigenvalue weighted by Gasteiger charge is -2.22. The van der Waals surface area contributed by atoms with Crippen molar-refractivity contribution < 1.29 is 9.53 Å². The Morgan fingerprint density at radius 3 is 2.00 bits per heavy atom. The highest BCUT2D eigenvalue weighted by molar-refractivity contribution is 5.93. The molecule has 0 saturated carbocycles. The van der Waals surface area contributed by atoms with Crippen molar-refractivity contribution in [3.8, 4) is 17.0 Å². The normalized spacial score (nSPS) is 10.6. The number of benzene rings is 3. The number of hydrogen-bond acceptors (Lipinski definition) is 3. The van der Waals surface area contributed by atoms with Crippen LogP contribution in [-0.4, -0.2) is 27.6 Å². The molecule has 0 unspecified atom stereocenters. The Hall–Kier alpha value is -3.86. The van der Waals surface area contributed by atoms with E-state index < -0.39 is 0 Å². The zero-order chi connectivity index (χ0) is 21.5. The molecule has 1 amide bonds. The third-order valence-electron chi connectivity index (χ3n) is 4.99. The van der Waals surface area contributed by atoms with E-state index in [1.165, 1.54) is 0 Å². The second kappa shape index (κ2) is 9.76. The van der Waals surface area contributed by atoms with Crippen LogP contribution in [0.1, 0.15) is 28.5 Å². The number of rotatable bonds is 8. The van der Waals surface area contributed by atoms with Crippen LogP contribution in [0.15, 0.2) is 91.0 Å². The van der Waals surface area contributed by atoms with Gasteiger partial charge in [-0.1, -0.05) is 60.7 Å². The van der Waals surface area contributed by atoms with Crippen molar-refractivity contribution in [1.29, 1.82) is 0 Å². The summed E-state index contributed by atoms with van der Waals surface area (Å²) in [6, 6.07) is 29.5. The molecule has 1 N–H and O–H groups in total. The first-order chi connectivity index (χ1) is 15.2. The van der Waals surface area contributed by atoms with E-state index in [4.69, 9.17) is 4.74 Å². The van der Waals surface area contributed by atoms with E-state index in [2.05, 4.69) is 10.2 Å². The molecule has 156 valence electrons. The van der Waals surface area contributed by atoms with Gasteiger partial charge < -0.3 is 9.64 Å². The Bertz CT molecular complexity index is 1060. The Labute approximate surface area is 182 Å². The minimum absolute atomic E-state index is 0.0857. The second-order valence-electron chi connectivity index (χ2n) is 7.26. The number of carbonyl (C=O) groups excluding carboxylic acids is 1. The van der Waals surface area contributed by atoms with Gasteiger partial charge in [-0.2, -0.15) is 5.10 Å². The van der Waals surface area contributed by atoms with Crippen LogP contribution in [0.5, 0.6) is 5.75 Å². The molecule has 1 heterocycles. The van der Waals surface area contributed by atoms with E-state index in [0.717, 1.165) is 28.1 Å². The van der Waals surface area contributed by atoms with Gasteiger partial charge in [0.2, 0.25) is 0 Å². The lowest BCUT2D eigenvalue weighted by molar-refractivity contribution is 0.0724. The monoisotopic (exact) mass is 411 g/mol. The number of amides is 1. The van der Waals surface area contributed by atoms with Gasteiger partial charge in [-0.15, -0.1) is 0 Å². The molecule has 5 heteroatoms. The summed E-state index contributed by atoms with van der Waals surface area (Å²) in [5.41, 5.74) is 4.29. The number of H-pyrrole nitrogens is 1. The molecule has 31 heavy (non-hydrogen) atoms. The summed E-state index contributed by atoms with van der Waals surface area (Å²) in [6.07, 6.45) is 0. The molecule has 3 aromatic carbocycles. The van der Waals surface area contributed by atoms with Gasteiger partial charge >= 0.3 is 0 Å². The number of nitrogens with one attached hydrogen (secondary N) is 1. The standard InChI is InChI=1S/C26H25N3O2/c1-2-31-23-15-13-22(14-16-23)24-17-25(28-27-24)26(30)29(18-20-9-5-3-6-10-20)19-21-11-7-4-8-12-21/h3-17H,2,18-19H2,1H3,(H,27,28). The molecular formula is C26H25N3O2. The van der Waals surface area contributed by atoms with E-state index in [1.807, 2.05) is 96.8 Å². The maximum Gasteiger partial charge on any atom is 0.272 e. The molecule has 0 aliphatic carbocycles. The molecule has 1 aromatic heterocycles. The SMILES string of the molecule is CCOc1ccc(-c2cc(C(=O)N(Cc3ccccc3)Cc3ccccc3)[nH]n2)cc1. The summed E-state index contributed by atoms with van der Waals surface area (Å²) < 4.78 is 5.50. The van der Waals surface area contributed by atoms with Gasteiger partial charge in [-0.05, 0) is 48.4 Å². The minimum atomic E-state index is -0.0857. The van der Waals surface area contributed by atoms with Crippen LogP contribution in [0.4, 0.5) is 0 Å². The molecule has 0 aliphatic rings. The Balaban J connectivity index is 1.56. The molecule has 4 rings (SSSR count). The fourth-order valence-electron chi connectivity index (χ4n) is 3.45.